The summed E-state index contributed by atoms with van der Waals surface area (Å²) in [6, 6.07) is 9.84. The second-order valence-electron chi connectivity index (χ2n) is 6.69. The molecule has 0 saturated heterocycles. The van der Waals surface area contributed by atoms with Gasteiger partial charge in [0.05, 0.1) is 13.2 Å². The van der Waals surface area contributed by atoms with Crippen molar-refractivity contribution in [2.24, 2.45) is 0 Å². The Morgan fingerprint density at radius 2 is 1.81 bits per heavy atom. The van der Waals surface area contributed by atoms with E-state index in [1.165, 1.54) is 10.4 Å². The lowest BCUT2D eigenvalue weighted by Gasteiger charge is -2.23. The highest BCUT2D eigenvalue weighted by Gasteiger charge is 2.13. The minimum atomic E-state index is -0.384. The van der Waals surface area contributed by atoms with E-state index in [1.54, 1.807) is 18.4 Å². The number of thiophene rings is 1. The van der Waals surface area contributed by atoms with E-state index in [0.29, 0.717) is 18.9 Å². The molecule has 0 saturated carbocycles. The molecule has 0 aliphatic heterocycles. The first-order valence-electron chi connectivity index (χ1n) is 8.94. The van der Waals surface area contributed by atoms with Gasteiger partial charge in [0.25, 0.3) is 0 Å². The molecule has 0 radical (unpaired) electrons. The first kappa shape index (κ1) is 19.5. The van der Waals surface area contributed by atoms with Crippen molar-refractivity contribution in [1.29, 1.82) is 0 Å². The molecular formula is C21H25N3O2S. The fraction of sp³-hybridized carbons (Fsp3) is 0.333. The predicted octanol–water partition coefficient (Wildman–Crippen LogP) is 3.91. The van der Waals surface area contributed by atoms with Crippen molar-refractivity contribution < 1.29 is 9.84 Å². The van der Waals surface area contributed by atoms with Crippen LogP contribution < -0.4 is 4.74 Å². The van der Waals surface area contributed by atoms with Crippen LogP contribution in [-0.2, 0) is 13.1 Å². The maximum Gasteiger partial charge on any atom is 0.159 e. The second kappa shape index (κ2) is 9.08. The molecule has 2 aromatic heterocycles. The van der Waals surface area contributed by atoms with Crippen LogP contribution in [0.25, 0.3) is 11.4 Å². The van der Waals surface area contributed by atoms with Crippen molar-refractivity contribution in [3.63, 3.8) is 0 Å². The number of hydrogen-bond donors (Lipinski definition) is 1. The van der Waals surface area contributed by atoms with Crippen LogP contribution in [0.1, 0.15) is 22.9 Å². The molecule has 27 heavy (non-hydrogen) atoms. The number of aryl methyl sites for hydroxylation is 1. The zero-order chi connectivity index (χ0) is 19.2. The molecule has 0 aliphatic rings. The Bertz CT molecular complexity index is 845. The summed E-state index contributed by atoms with van der Waals surface area (Å²) in [5.74, 6) is 1.51. The van der Waals surface area contributed by atoms with Gasteiger partial charge >= 0.3 is 0 Å². The highest BCUT2D eigenvalue weighted by atomic mass is 32.1. The zero-order valence-electron chi connectivity index (χ0n) is 15.9. The largest absolute Gasteiger partial charge is 0.497 e. The van der Waals surface area contributed by atoms with Gasteiger partial charge in [-0.1, -0.05) is 0 Å². The van der Waals surface area contributed by atoms with E-state index in [4.69, 9.17) is 4.74 Å². The number of benzene rings is 1. The minimum absolute atomic E-state index is 0.384. The molecule has 0 spiro atoms. The zero-order valence-corrected chi connectivity index (χ0v) is 16.7. The molecule has 3 aromatic rings. The minimum Gasteiger partial charge on any atom is -0.497 e. The van der Waals surface area contributed by atoms with E-state index in [1.807, 2.05) is 43.6 Å². The number of methoxy groups -OCH3 is 1. The van der Waals surface area contributed by atoms with Gasteiger partial charge in [-0.3, -0.25) is 4.90 Å². The molecule has 142 valence electrons. The lowest BCUT2D eigenvalue weighted by molar-refractivity contribution is 0.118. The monoisotopic (exact) mass is 383 g/mol. The van der Waals surface area contributed by atoms with Crippen LogP contribution in [0.2, 0.25) is 0 Å². The summed E-state index contributed by atoms with van der Waals surface area (Å²) in [5.41, 5.74) is 3.28. The number of aliphatic hydroxyl groups excluding tert-OH is 1. The summed E-state index contributed by atoms with van der Waals surface area (Å²) in [6.45, 7) is 6.06. The fourth-order valence-corrected chi connectivity index (χ4v) is 3.86. The van der Waals surface area contributed by atoms with E-state index in [0.717, 1.165) is 23.4 Å². The lowest BCUT2D eigenvalue weighted by Crippen LogP contribution is -2.30. The first-order chi connectivity index (χ1) is 13.0. The van der Waals surface area contributed by atoms with Crippen LogP contribution >= 0.6 is 11.3 Å². The van der Waals surface area contributed by atoms with Crippen LogP contribution in [0.15, 0.2) is 48.1 Å². The van der Waals surface area contributed by atoms with E-state index in [-0.39, 0.29) is 6.10 Å². The molecule has 0 fully saturated rings. The van der Waals surface area contributed by atoms with Gasteiger partial charge < -0.3 is 9.84 Å². The van der Waals surface area contributed by atoms with Gasteiger partial charge in [-0.15, -0.1) is 11.3 Å². The normalized spacial score (nSPS) is 12.3. The van der Waals surface area contributed by atoms with Crippen LogP contribution in [0.4, 0.5) is 0 Å². The maximum atomic E-state index is 9.85. The number of aliphatic hydroxyl groups is 1. The summed E-state index contributed by atoms with van der Waals surface area (Å²) < 4.78 is 5.18. The molecule has 0 bridgehead atoms. The highest BCUT2D eigenvalue weighted by molar-refractivity contribution is 7.10. The summed E-state index contributed by atoms with van der Waals surface area (Å²) >= 11 is 1.75. The van der Waals surface area contributed by atoms with Crippen LogP contribution in [-0.4, -0.2) is 39.7 Å². The van der Waals surface area contributed by atoms with Gasteiger partial charge in [0.1, 0.15) is 5.75 Å². The Morgan fingerprint density at radius 1 is 1.11 bits per heavy atom. The third-order valence-electron chi connectivity index (χ3n) is 4.32. The number of ether oxygens (including phenoxy) is 1. The summed E-state index contributed by atoms with van der Waals surface area (Å²) in [5, 5.41) is 12.0. The predicted molar refractivity (Wildman–Crippen MR) is 109 cm³/mol. The van der Waals surface area contributed by atoms with Crippen molar-refractivity contribution in [3.05, 3.63) is 64.1 Å². The standard InChI is InChI=1S/C21H25N3O2S/c1-15-8-9-27-20(15)14-24(12-16(2)25)13-17-10-22-21(23-11-17)18-4-6-19(26-3)7-5-18/h4-11,16,25H,12-14H2,1-3H3. The quantitative estimate of drug-likeness (QED) is 0.639. The molecule has 0 aliphatic carbocycles. The Morgan fingerprint density at radius 3 is 2.37 bits per heavy atom. The lowest BCUT2D eigenvalue weighted by atomic mass is 10.2. The second-order valence-corrected chi connectivity index (χ2v) is 7.69. The average molecular weight is 384 g/mol. The third kappa shape index (κ3) is 5.35. The van der Waals surface area contributed by atoms with E-state index in [2.05, 4.69) is 33.2 Å². The van der Waals surface area contributed by atoms with Gasteiger partial charge in [0.2, 0.25) is 0 Å². The summed E-state index contributed by atoms with van der Waals surface area (Å²) in [6.07, 6.45) is 3.34. The van der Waals surface area contributed by atoms with Crippen LogP contribution in [0.3, 0.4) is 0 Å². The van der Waals surface area contributed by atoms with Gasteiger partial charge in [-0.2, -0.15) is 0 Å². The number of rotatable bonds is 8. The van der Waals surface area contributed by atoms with Crippen LogP contribution in [0, 0.1) is 6.92 Å². The highest BCUT2D eigenvalue weighted by Crippen LogP contribution is 2.21. The Balaban J connectivity index is 1.70. The van der Waals surface area contributed by atoms with Gasteiger partial charge in [0, 0.05) is 48.0 Å². The van der Waals surface area contributed by atoms with Crippen molar-refractivity contribution in [3.8, 4) is 17.1 Å². The topological polar surface area (TPSA) is 58.5 Å². The Kier molecular flexibility index (Phi) is 6.55. The van der Waals surface area contributed by atoms with Crippen molar-refractivity contribution in [2.45, 2.75) is 33.0 Å². The molecule has 1 aromatic carbocycles. The molecule has 1 atom stereocenters. The summed E-state index contributed by atoms with van der Waals surface area (Å²) in [4.78, 5) is 12.6. The Hall–Kier alpha value is -2.28. The van der Waals surface area contributed by atoms with E-state index < -0.39 is 0 Å². The van der Waals surface area contributed by atoms with E-state index >= 15 is 0 Å². The van der Waals surface area contributed by atoms with Crippen molar-refractivity contribution in [1.82, 2.24) is 14.9 Å². The molecule has 0 amide bonds. The van der Waals surface area contributed by atoms with Gasteiger partial charge in [-0.25, -0.2) is 9.97 Å². The number of nitrogens with zero attached hydrogens (tertiary/aromatic N) is 3. The average Bonchev–Trinajstić information content (AvgIpc) is 3.06. The summed E-state index contributed by atoms with van der Waals surface area (Å²) in [7, 11) is 1.65. The van der Waals surface area contributed by atoms with Crippen molar-refractivity contribution >= 4 is 11.3 Å². The van der Waals surface area contributed by atoms with Crippen LogP contribution in [0.5, 0.6) is 5.75 Å². The van der Waals surface area contributed by atoms with E-state index in [9.17, 15) is 5.11 Å². The molecule has 1 N–H and O–H groups in total. The van der Waals surface area contributed by atoms with Gasteiger partial charge in [-0.05, 0) is 55.1 Å². The fourth-order valence-electron chi connectivity index (χ4n) is 2.91. The maximum absolute atomic E-state index is 9.85. The molecule has 5 nitrogen and oxygen atoms in total. The number of aromatic nitrogens is 2. The first-order valence-corrected chi connectivity index (χ1v) is 9.82. The smallest absolute Gasteiger partial charge is 0.159 e. The number of hydrogen-bond acceptors (Lipinski definition) is 6. The molecule has 2 heterocycles. The van der Waals surface area contributed by atoms with Gasteiger partial charge in [0.15, 0.2) is 5.82 Å². The molecule has 3 rings (SSSR count). The third-order valence-corrected chi connectivity index (χ3v) is 5.33. The molecule has 6 heteroatoms. The SMILES string of the molecule is COc1ccc(-c2ncc(CN(Cc3sccc3C)CC(C)O)cn2)cc1. The van der Waals surface area contributed by atoms with Crippen molar-refractivity contribution in [2.75, 3.05) is 13.7 Å². The Labute approximate surface area is 164 Å². The molecule has 1 unspecified atom stereocenters. The molecular weight excluding hydrogens is 358 g/mol.